The van der Waals surface area contributed by atoms with Gasteiger partial charge in [-0.1, -0.05) is 24.6 Å². The summed E-state index contributed by atoms with van der Waals surface area (Å²) in [5.41, 5.74) is 0.917. The number of amides is 1. The molecule has 2 atom stereocenters. The van der Waals surface area contributed by atoms with Crippen molar-refractivity contribution in [3.8, 4) is 5.75 Å². The van der Waals surface area contributed by atoms with Crippen LogP contribution in [0.5, 0.6) is 5.75 Å². The fourth-order valence-corrected chi connectivity index (χ4v) is 3.00. The Balaban J connectivity index is 2.07. The van der Waals surface area contributed by atoms with Gasteiger partial charge in [-0.05, 0) is 18.9 Å². The van der Waals surface area contributed by atoms with Crippen LogP contribution in [0.2, 0.25) is 0 Å². The van der Waals surface area contributed by atoms with Gasteiger partial charge in [-0.15, -0.1) is 0 Å². The van der Waals surface area contributed by atoms with Crippen LogP contribution in [0.3, 0.4) is 0 Å². The highest BCUT2D eigenvalue weighted by Gasteiger charge is 2.39. The molecule has 0 bridgehead atoms. The van der Waals surface area contributed by atoms with Crippen LogP contribution in [0.25, 0.3) is 0 Å². The van der Waals surface area contributed by atoms with Crippen molar-refractivity contribution in [2.24, 2.45) is 11.8 Å². The second-order valence-electron chi connectivity index (χ2n) is 5.49. The highest BCUT2D eigenvalue weighted by Crippen LogP contribution is 2.33. The molecule has 0 aliphatic heterocycles. The zero-order valence-corrected chi connectivity index (χ0v) is 12.4. The Kier molecular flexibility index (Phi) is 4.83. The third-order valence-corrected chi connectivity index (χ3v) is 4.13. The number of hydrogen-bond donors (Lipinski definition) is 1. The maximum atomic E-state index is 12.5. The molecule has 114 valence electrons. The van der Waals surface area contributed by atoms with Crippen LogP contribution in [0.15, 0.2) is 24.3 Å². The Morgan fingerprint density at radius 2 is 1.95 bits per heavy atom. The first-order chi connectivity index (χ1) is 10.0. The lowest BCUT2D eigenvalue weighted by Crippen LogP contribution is -2.36. The van der Waals surface area contributed by atoms with E-state index in [1.54, 1.807) is 19.1 Å². The number of aliphatic carboxylic acids is 1. The van der Waals surface area contributed by atoms with E-state index in [0.29, 0.717) is 19.4 Å². The molecule has 1 aliphatic carbocycles. The van der Waals surface area contributed by atoms with Crippen LogP contribution in [0.1, 0.15) is 24.8 Å². The van der Waals surface area contributed by atoms with Gasteiger partial charge in [0, 0.05) is 19.2 Å². The molecule has 0 aromatic heterocycles. The first-order valence-electron chi connectivity index (χ1n) is 7.14. The first-order valence-corrected chi connectivity index (χ1v) is 7.14. The van der Waals surface area contributed by atoms with Crippen LogP contribution >= 0.6 is 0 Å². The normalized spacial score (nSPS) is 21.0. The topological polar surface area (TPSA) is 66.8 Å². The number of benzene rings is 1. The minimum atomic E-state index is -0.864. The van der Waals surface area contributed by atoms with Gasteiger partial charge >= 0.3 is 5.97 Å². The molecular weight excluding hydrogens is 270 g/mol. The van der Waals surface area contributed by atoms with E-state index < -0.39 is 17.8 Å². The zero-order chi connectivity index (χ0) is 15.4. The summed E-state index contributed by atoms with van der Waals surface area (Å²) in [6, 6.07) is 7.53. The summed E-state index contributed by atoms with van der Waals surface area (Å²) in [6.07, 6.45) is 2.05. The first kappa shape index (κ1) is 15.4. The number of ether oxygens (including phenoxy) is 1. The van der Waals surface area contributed by atoms with Crippen LogP contribution in [-0.2, 0) is 16.1 Å². The molecule has 1 saturated carbocycles. The monoisotopic (exact) mass is 291 g/mol. The van der Waals surface area contributed by atoms with E-state index >= 15 is 0 Å². The predicted molar refractivity (Wildman–Crippen MR) is 77.9 cm³/mol. The fourth-order valence-electron chi connectivity index (χ4n) is 3.00. The van der Waals surface area contributed by atoms with E-state index in [-0.39, 0.29) is 5.91 Å². The van der Waals surface area contributed by atoms with Crippen LogP contribution in [0.4, 0.5) is 0 Å². The van der Waals surface area contributed by atoms with Gasteiger partial charge in [-0.25, -0.2) is 0 Å². The van der Waals surface area contributed by atoms with Crippen molar-refractivity contribution in [1.29, 1.82) is 0 Å². The molecule has 5 heteroatoms. The Hall–Kier alpha value is -2.04. The van der Waals surface area contributed by atoms with E-state index in [1.807, 2.05) is 24.3 Å². The standard InChI is InChI=1S/C16H21NO4/c1-17(10-11-6-3-4-9-14(11)21-2)15(18)12-7-5-8-13(12)16(19)20/h3-4,6,9,12-13H,5,7-8,10H2,1-2H3,(H,19,20)/t12-,13+/m1/s1. The van der Waals surface area contributed by atoms with Crippen molar-refractivity contribution in [3.63, 3.8) is 0 Å². The summed E-state index contributed by atoms with van der Waals surface area (Å²) in [6.45, 7) is 0.422. The van der Waals surface area contributed by atoms with Gasteiger partial charge in [-0.2, -0.15) is 0 Å². The van der Waals surface area contributed by atoms with E-state index in [9.17, 15) is 14.7 Å². The Morgan fingerprint density at radius 1 is 1.29 bits per heavy atom. The smallest absolute Gasteiger partial charge is 0.307 e. The van der Waals surface area contributed by atoms with Crippen molar-refractivity contribution in [1.82, 2.24) is 4.90 Å². The van der Waals surface area contributed by atoms with Gasteiger partial charge in [0.05, 0.1) is 18.9 Å². The molecule has 0 radical (unpaired) electrons. The molecule has 1 amide bonds. The summed E-state index contributed by atoms with van der Waals surface area (Å²) < 4.78 is 5.28. The van der Waals surface area contributed by atoms with Gasteiger partial charge in [0.1, 0.15) is 5.75 Å². The molecule has 1 aromatic rings. The van der Waals surface area contributed by atoms with Gasteiger partial charge in [0.15, 0.2) is 0 Å². The van der Waals surface area contributed by atoms with Crippen molar-refractivity contribution >= 4 is 11.9 Å². The number of carboxylic acids is 1. The number of methoxy groups -OCH3 is 1. The lowest BCUT2D eigenvalue weighted by Gasteiger charge is -2.24. The van der Waals surface area contributed by atoms with Gasteiger partial charge < -0.3 is 14.7 Å². The third kappa shape index (κ3) is 3.35. The largest absolute Gasteiger partial charge is 0.496 e. The molecule has 2 rings (SSSR count). The summed E-state index contributed by atoms with van der Waals surface area (Å²) in [5.74, 6) is -1.17. The van der Waals surface area contributed by atoms with Gasteiger partial charge in [0.25, 0.3) is 0 Å². The van der Waals surface area contributed by atoms with Gasteiger partial charge in [0.2, 0.25) is 5.91 Å². The predicted octanol–water partition coefficient (Wildman–Crippen LogP) is 2.15. The van der Waals surface area contributed by atoms with E-state index in [0.717, 1.165) is 17.7 Å². The third-order valence-electron chi connectivity index (χ3n) is 4.13. The maximum Gasteiger partial charge on any atom is 0.307 e. The highest BCUT2D eigenvalue weighted by molar-refractivity contribution is 5.85. The van der Waals surface area contributed by atoms with Crippen molar-refractivity contribution < 1.29 is 19.4 Å². The molecule has 0 saturated heterocycles. The molecular formula is C16H21NO4. The summed E-state index contributed by atoms with van der Waals surface area (Å²) >= 11 is 0. The number of para-hydroxylation sites is 1. The molecule has 21 heavy (non-hydrogen) atoms. The van der Waals surface area contributed by atoms with Crippen LogP contribution in [0, 0.1) is 11.8 Å². The van der Waals surface area contributed by atoms with Crippen molar-refractivity contribution in [3.05, 3.63) is 29.8 Å². The van der Waals surface area contributed by atoms with E-state index in [4.69, 9.17) is 4.74 Å². The summed E-state index contributed by atoms with van der Waals surface area (Å²) in [4.78, 5) is 25.3. The molecule has 1 aliphatic rings. The fraction of sp³-hybridized carbons (Fsp3) is 0.500. The zero-order valence-electron chi connectivity index (χ0n) is 12.4. The van der Waals surface area contributed by atoms with E-state index in [2.05, 4.69) is 0 Å². The average Bonchev–Trinajstić information content (AvgIpc) is 2.96. The number of nitrogens with zero attached hydrogens (tertiary/aromatic N) is 1. The summed E-state index contributed by atoms with van der Waals surface area (Å²) in [7, 11) is 3.31. The number of hydrogen-bond acceptors (Lipinski definition) is 3. The molecule has 1 aromatic carbocycles. The highest BCUT2D eigenvalue weighted by atomic mass is 16.5. The Bertz CT molecular complexity index is 529. The number of carbonyl (C=O) groups excluding carboxylic acids is 1. The van der Waals surface area contributed by atoms with Crippen LogP contribution in [-0.4, -0.2) is 36.0 Å². The number of carboxylic acid groups (broad SMARTS) is 1. The summed E-state index contributed by atoms with van der Waals surface area (Å²) in [5, 5.41) is 9.20. The average molecular weight is 291 g/mol. The van der Waals surface area contributed by atoms with Crippen LogP contribution < -0.4 is 4.74 Å². The second-order valence-corrected chi connectivity index (χ2v) is 5.49. The number of rotatable bonds is 5. The quantitative estimate of drug-likeness (QED) is 0.902. The Labute approximate surface area is 124 Å². The molecule has 5 nitrogen and oxygen atoms in total. The lowest BCUT2D eigenvalue weighted by molar-refractivity contribution is -0.148. The molecule has 1 N–H and O–H groups in total. The molecule has 0 unspecified atom stereocenters. The SMILES string of the molecule is COc1ccccc1CN(C)C(=O)[C@@H]1CCC[C@@H]1C(=O)O. The molecule has 0 spiro atoms. The maximum absolute atomic E-state index is 12.5. The minimum Gasteiger partial charge on any atom is -0.496 e. The van der Waals surface area contributed by atoms with Crippen molar-refractivity contribution in [2.45, 2.75) is 25.8 Å². The molecule has 1 fully saturated rings. The second kappa shape index (κ2) is 6.61. The lowest BCUT2D eigenvalue weighted by atomic mass is 9.94. The molecule has 0 heterocycles. The number of carbonyl (C=O) groups is 2. The van der Waals surface area contributed by atoms with Crippen molar-refractivity contribution in [2.75, 3.05) is 14.2 Å². The van der Waals surface area contributed by atoms with Gasteiger partial charge in [-0.3, -0.25) is 9.59 Å². The van der Waals surface area contributed by atoms with E-state index in [1.165, 1.54) is 0 Å². The Morgan fingerprint density at radius 3 is 2.62 bits per heavy atom. The minimum absolute atomic E-state index is 0.0918.